The molecule has 1 rings (SSSR count). The van der Waals surface area contributed by atoms with E-state index >= 15 is 0 Å². The molecule has 156 valence electrons. The molecule has 0 aromatic rings. The van der Waals surface area contributed by atoms with Gasteiger partial charge in [0, 0.05) is 5.92 Å². The van der Waals surface area contributed by atoms with Gasteiger partial charge in [-0.15, -0.1) is 0 Å². The molecule has 0 aliphatic carbocycles. The van der Waals surface area contributed by atoms with E-state index in [1.165, 1.54) is 109 Å². The fourth-order valence-corrected chi connectivity index (χ4v) is 3.87. The molecule has 0 bridgehead atoms. The Balaban J connectivity index is 1.71. The third-order valence-corrected chi connectivity index (χ3v) is 5.80. The van der Waals surface area contributed by atoms with Crippen LogP contribution in [-0.2, 0) is 9.47 Å². The van der Waals surface area contributed by atoms with Crippen molar-refractivity contribution in [1.82, 2.24) is 0 Å². The number of rotatable bonds is 17. The van der Waals surface area contributed by atoms with E-state index in [0.717, 1.165) is 13.2 Å². The first-order valence-electron chi connectivity index (χ1n) is 11.9. The van der Waals surface area contributed by atoms with Crippen LogP contribution >= 0.6 is 0 Å². The van der Waals surface area contributed by atoms with Crippen LogP contribution in [0.3, 0.4) is 0 Å². The van der Waals surface area contributed by atoms with E-state index in [1.807, 2.05) is 13.8 Å². The van der Waals surface area contributed by atoms with Crippen LogP contribution in [0.25, 0.3) is 0 Å². The maximum absolute atomic E-state index is 5.74. The highest BCUT2D eigenvalue weighted by molar-refractivity contribution is 4.67. The fraction of sp³-hybridized carbons (Fsp3) is 1.00. The maximum Gasteiger partial charge on any atom is 0.162 e. The van der Waals surface area contributed by atoms with Crippen molar-refractivity contribution in [2.24, 2.45) is 5.92 Å². The summed E-state index contributed by atoms with van der Waals surface area (Å²) in [4.78, 5) is 0. The summed E-state index contributed by atoms with van der Waals surface area (Å²) in [5, 5.41) is 0. The molecule has 1 aliphatic rings. The fourth-order valence-electron chi connectivity index (χ4n) is 3.87. The van der Waals surface area contributed by atoms with Gasteiger partial charge in [0.1, 0.15) is 0 Å². The molecule has 0 radical (unpaired) electrons. The van der Waals surface area contributed by atoms with Gasteiger partial charge in [-0.05, 0) is 20.3 Å². The number of ether oxygens (including phenoxy) is 2. The van der Waals surface area contributed by atoms with Crippen molar-refractivity contribution in [3.8, 4) is 0 Å². The van der Waals surface area contributed by atoms with Crippen LogP contribution in [0.4, 0.5) is 0 Å². The minimum Gasteiger partial charge on any atom is -0.350 e. The molecule has 0 unspecified atom stereocenters. The molecular weight excluding hydrogens is 320 g/mol. The van der Waals surface area contributed by atoms with Gasteiger partial charge in [-0.3, -0.25) is 0 Å². The lowest BCUT2D eigenvalue weighted by Gasteiger charge is -2.35. The molecule has 2 heteroatoms. The van der Waals surface area contributed by atoms with Crippen LogP contribution < -0.4 is 0 Å². The normalized spacial score (nSPS) is 17.7. The van der Waals surface area contributed by atoms with Crippen molar-refractivity contribution in [2.45, 2.75) is 136 Å². The van der Waals surface area contributed by atoms with Gasteiger partial charge in [-0.2, -0.15) is 0 Å². The Morgan fingerprint density at radius 1 is 0.577 bits per heavy atom. The van der Waals surface area contributed by atoms with Crippen LogP contribution in [0.1, 0.15) is 130 Å². The van der Waals surface area contributed by atoms with E-state index < -0.39 is 0 Å². The smallest absolute Gasteiger partial charge is 0.162 e. The van der Waals surface area contributed by atoms with Crippen LogP contribution in [0.2, 0.25) is 0 Å². The van der Waals surface area contributed by atoms with Gasteiger partial charge >= 0.3 is 0 Å². The second kappa shape index (κ2) is 15.9. The van der Waals surface area contributed by atoms with Crippen molar-refractivity contribution in [1.29, 1.82) is 0 Å². The van der Waals surface area contributed by atoms with E-state index in [0.29, 0.717) is 5.92 Å². The van der Waals surface area contributed by atoms with Gasteiger partial charge in [-0.25, -0.2) is 0 Å². The van der Waals surface area contributed by atoms with Gasteiger partial charge < -0.3 is 9.47 Å². The van der Waals surface area contributed by atoms with Crippen LogP contribution in [0.5, 0.6) is 0 Å². The Labute approximate surface area is 164 Å². The van der Waals surface area contributed by atoms with Crippen molar-refractivity contribution in [2.75, 3.05) is 13.2 Å². The largest absolute Gasteiger partial charge is 0.350 e. The zero-order valence-electron chi connectivity index (χ0n) is 18.3. The van der Waals surface area contributed by atoms with Crippen molar-refractivity contribution < 1.29 is 9.47 Å². The summed E-state index contributed by atoms with van der Waals surface area (Å²) in [6.45, 7) is 8.08. The van der Waals surface area contributed by atoms with Gasteiger partial charge in [0.25, 0.3) is 0 Å². The van der Waals surface area contributed by atoms with E-state index in [4.69, 9.17) is 9.47 Å². The SMILES string of the molecule is CCCCCCCCCCCCCCCCCCC1COC(C)(C)OC1. The standard InChI is InChI=1S/C24H48O2/c1-4-5-6-7-8-9-10-11-12-13-14-15-16-17-18-19-20-23-21-25-24(2,3)26-22-23/h23H,4-22H2,1-3H3. The summed E-state index contributed by atoms with van der Waals surface area (Å²) >= 11 is 0. The molecule has 1 saturated heterocycles. The topological polar surface area (TPSA) is 18.5 Å². The lowest BCUT2D eigenvalue weighted by molar-refractivity contribution is -0.262. The Morgan fingerprint density at radius 2 is 0.923 bits per heavy atom. The van der Waals surface area contributed by atoms with Gasteiger partial charge in [0.15, 0.2) is 5.79 Å². The lowest BCUT2D eigenvalue weighted by Crippen LogP contribution is -2.39. The predicted molar refractivity (Wildman–Crippen MR) is 114 cm³/mol. The van der Waals surface area contributed by atoms with Crippen molar-refractivity contribution in [3.05, 3.63) is 0 Å². The van der Waals surface area contributed by atoms with E-state index in [2.05, 4.69) is 6.92 Å². The first-order valence-corrected chi connectivity index (χ1v) is 11.9. The predicted octanol–water partition coefficient (Wildman–Crippen LogP) is 8.04. The molecule has 0 amide bonds. The van der Waals surface area contributed by atoms with Crippen LogP contribution in [-0.4, -0.2) is 19.0 Å². The van der Waals surface area contributed by atoms with Gasteiger partial charge in [0.05, 0.1) is 13.2 Å². The third-order valence-electron chi connectivity index (χ3n) is 5.80. The second-order valence-corrected chi connectivity index (χ2v) is 8.98. The maximum atomic E-state index is 5.74. The zero-order valence-corrected chi connectivity index (χ0v) is 18.3. The molecule has 26 heavy (non-hydrogen) atoms. The van der Waals surface area contributed by atoms with E-state index in [-0.39, 0.29) is 5.79 Å². The third kappa shape index (κ3) is 14.0. The minimum atomic E-state index is -0.356. The van der Waals surface area contributed by atoms with Crippen molar-refractivity contribution >= 4 is 0 Å². The highest BCUT2D eigenvalue weighted by Crippen LogP contribution is 2.24. The summed E-state index contributed by atoms with van der Waals surface area (Å²) in [6.07, 6.45) is 24.3. The average molecular weight is 369 g/mol. The number of unbranched alkanes of at least 4 members (excludes halogenated alkanes) is 15. The lowest BCUT2D eigenvalue weighted by atomic mass is 10.00. The van der Waals surface area contributed by atoms with E-state index in [9.17, 15) is 0 Å². The highest BCUT2D eigenvalue weighted by Gasteiger charge is 2.27. The Hall–Kier alpha value is -0.0800. The number of hydrogen-bond acceptors (Lipinski definition) is 2. The van der Waals surface area contributed by atoms with Crippen LogP contribution in [0.15, 0.2) is 0 Å². The first kappa shape index (κ1) is 24.0. The van der Waals surface area contributed by atoms with Crippen LogP contribution in [0, 0.1) is 5.92 Å². The molecule has 1 aliphatic heterocycles. The molecule has 0 aromatic carbocycles. The molecule has 0 atom stereocenters. The molecular formula is C24H48O2. The molecule has 0 saturated carbocycles. The van der Waals surface area contributed by atoms with E-state index in [1.54, 1.807) is 0 Å². The Bertz CT molecular complexity index is 291. The summed E-state index contributed by atoms with van der Waals surface area (Å²) in [5.74, 6) is 0.264. The first-order chi connectivity index (χ1) is 12.6. The zero-order chi connectivity index (χ0) is 18.9. The molecule has 0 spiro atoms. The minimum absolute atomic E-state index is 0.356. The molecule has 1 fully saturated rings. The second-order valence-electron chi connectivity index (χ2n) is 8.98. The summed E-state index contributed by atoms with van der Waals surface area (Å²) in [5.41, 5.74) is 0. The van der Waals surface area contributed by atoms with Gasteiger partial charge in [0.2, 0.25) is 0 Å². The van der Waals surface area contributed by atoms with Gasteiger partial charge in [-0.1, -0.05) is 110 Å². The molecule has 2 nitrogen and oxygen atoms in total. The summed E-state index contributed by atoms with van der Waals surface area (Å²) < 4.78 is 11.5. The molecule has 0 N–H and O–H groups in total. The quantitative estimate of drug-likeness (QED) is 0.242. The average Bonchev–Trinajstić information content (AvgIpc) is 2.62. The highest BCUT2D eigenvalue weighted by atomic mass is 16.7. The van der Waals surface area contributed by atoms with Crippen molar-refractivity contribution in [3.63, 3.8) is 0 Å². The molecule has 1 heterocycles. The Kier molecular flexibility index (Phi) is 14.7. The molecule has 0 aromatic heterocycles. The Morgan fingerprint density at radius 3 is 1.31 bits per heavy atom. The number of hydrogen-bond donors (Lipinski definition) is 0. The summed E-state index contributed by atoms with van der Waals surface area (Å²) in [7, 11) is 0. The summed E-state index contributed by atoms with van der Waals surface area (Å²) in [6, 6.07) is 0. The monoisotopic (exact) mass is 368 g/mol.